The van der Waals surface area contributed by atoms with Crippen LogP contribution >= 0.6 is 11.6 Å². The van der Waals surface area contributed by atoms with Crippen molar-refractivity contribution in [3.05, 3.63) is 54.3 Å². The van der Waals surface area contributed by atoms with E-state index >= 15 is 0 Å². The predicted octanol–water partition coefficient (Wildman–Crippen LogP) is 3.26. The molecule has 8 heteroatoms. The van der Waals surface area contributed by atoms with Crippen LogP contribution in [0.5, 0.6) is 5.75 Å². The lowest BCUT2D eigenvalue weighted by Crippen LogP contribution is -2.08. The van der Waals surface area contributed by atoms with Crippen molar-refractivity contribution in [1.82, 2.24) is 14.6 Å². The Morgan fingerprint density at radius 2 is 2.12 bits per heavy atom. The van der Waals surface area contributed by atoms with Gasteiger partial charge >= 0.3 is 0 Å². The lowest BCUT2D eigenvalue weighted by molar-refractivity contribution is -0.111. The van der Waals surface area contributed by atoms with Crippen molar-refractivity contribution in [2.24, 2.45) is 0 Å². The number of halogens is 1. The molecule has 122 valence electrons. The number of nitrogens with zero attached hydrogens (tertiary/aromatic N) is 3. The summed E-state index contributed by atoms with van der Waals surface area (Å²) in [5.41, 5.74) is 1.87. The molecule has 0 spiro atoms. The number of fused-ring (bicyclic) bond motifs is 1. The summed E-state index contributed by atoms with van der Waals surface area (Å²) in [4.78, 5) is 15.7. The van der Waals surface area contributed by atoms with Gasteiger partial charge in [-0.25, -0.2) is 4.98 Å². The van der Waals surface area contributed by atoms with Crippen molar-refractivity contribution < 1.29 is 9.53 Å². The van der Waals surface area contributed by atoms with E-state index in [1.54, 1.807) is 48.2 Å². The summed E-state index contributed by atoms with van der Waals surface area (Å²) in [6, 6.07) is 8.65. The van der Waals surface area contributed by atoms with Crippen LogP contribution in [-0.2, 0) is 4.79 Å². The first-order chi connectivity index (χ1) is 11.6. The number of hydrogen-bond acceptors (Lipinski definition) is 5. The van der Waals surface area contributed by atoms with Gasteiger partial charge in [-0.2, -0.15) is 9.61 Å². The molecule has 0 bridgehead atoms. The summed E-state index contributed by atoms with van der Waals surface area (Å²) >= 11 is 6.04. The van der Waals surface area contributed by atoms with E-state index in [-0.39, 0.29) is 5.91 Å². The van der Waals surface area contributed by atoms with Crippen molar-refractivity contribution >= 4 is 40.3 Å². The van der Waals surface area contributed by atoms with Crippen LogP contribution in [0.15, 0.2) is 49.2 Å². The molecule has 0 saturated heterocycles. The van der Waals surface area contributed by atoms with Crippen molar-refractivity contribution in [1.29, 1.82) is 0 Å². The Kier molecular flexibility index (Phi) is 4.35. The minimum atomic E-state index is -0.310. The number of benzene rings is 1. The molecular formula is C16H14ClN5O2. The zero-order chi connectivity index (χ0) is 17.1. The molecule has 0 fully saturated rings. The molecule has 2 N–H and O–H groups in total. The number of aromatic nitrogens is 3. The standard InChI is InChI=1S/C16H14ClN5O2/c1-3-16(23)20-11-6-10(7-12(8-11)24-2)19-15-9-13(17)21-14-4-5-18-22(14)15/h3-9,19H,1H2,2H3,(H,20,23). The highest BCUT2D eigenvalue weighted by atomic mass is 35.5. The molecule has 0 radical (unpaired) electrons. The lowest BCUT2D eigenvalue weighted by atomic mass is 10.2. The summed E-state index contributed by atoms with van der Waals surface area (Å²) in [6.45, 7) is 3.44. The topological polar surface area (TPSA) is 80.5 Å². The summed E-state index contributed by atoms with van der Waals surface area (Å²) in [5, 5.41) is 10.4. The zero-order valence-electron chi connectivity index (χ0n) is 12.8. The molecule has 1 aromatic carbocycles. The minimum absolute atomic E-state index is 0.310. The number of anilines is 3. The molecular weight excluding hydrogens is 330 g/mol. The van der Waals surface area contributed by atoms with Crippen LogP contribution in [0.3, 0.4) is 0 Å². The Morgan fingerprint density at radius 1 is 1.33 bits per heavy atom. The van der Waals surface area contributed by atoms with Crippen LogP contribution in [0, 0.1) is 0 Å². The van der Waals surface area contributed by atoms with Crippen LogP contribution < -0.4 is 15.4 Å². The SMILES string of the molecule is C=CC(=O)Nc1cc(Nc2cc(Cl)nc3ccnn23)cc(OC)c1. The monoisotopic (exact) mass is 343 g/mol. The molecule has 0 unspecified atom stereocenters. The molecule has 0 aliphatic heterocycles. The van der Waals surface area contributed by atoms with E-state index in [2.05, 4.69) is 27.3 Å². The molecule has 0 aliphatic carbocycles. The Hall–Kier alpha value is -3.06. The van der Waals surface area contributed by atoms with Gasteiger partial charge in [0, 0.05) is 35.6 Å². The van der Waals surface area contributed by atoms with Gasteiger partial charge in [-0.3, -0.25) is 4.79 Å². The fourth-order valence-corrected chi connectivity index (χ4v) is 2.36. The summed E-state index contributed by atoms with van der Waals surface area (Å²) in [7, 11) is 1.55. The number of amides is 1. The van der Waals surface area contributed by atoms with Crippen LogP contribution in [0.2, 0.25) is 5.15 Å². The largest absolute Gasteiger partial charge is 0.497 e. The average Bonchev–Trinajstić information content (AvgIpc) is 3.02. The highest BCUT2D eigenvalue weighted by molar-refractivity contribution is 6.29. The van der Waals surface area contributed by atoms with E-state index in [1.807, 2.05) is 0 Å². The van der Waals surface area contributed by atoms with E-state index in [0.29, 0.717) is 33.7 Å². The van der Waals surface area contributed by atoms with Crippen molar-refractivity contribution in [2.75, 3.05) is 17.7 Å². The van der Waals surface area contributed by atoms with Gasteiger partial charge < -0.3 is 15.4 Å². The van der Waals surface area contributed by atoms with Gasteiger partial charge in [-0.05, 0) is 12.1 Å². The first-order valence-corrected chi connectivity index (χ1v) is 7.36. The first kappa shape index (κ1) is 15.8. The fraction of sp³-hybridized carbons (Fsp3) is 0.0625. The third kappa shape index (κ3) is 3.31. The Morgan fingerprint density at radius 3 is 2.88 bits per heavy atom. The smallest absolute Gasteiger partial charge is 0.247 e. The Labute approximate surface area is 142 Å². The number of nitrogens with one attached hydrogen (secondary N) is 2. The van der Waals surface area contributed by atoms with Gasteiger partial charge in [0.15, 0.2) is 5.65 Å². The second-order valence-electron chi connectivity index (χ2n) is 4.83. The lowest BCUT2D eigenvalue weighted by Gasteiger charge is -2.12. The molecule has 3 aromatic rings. The van der Waals surface area contributed by atoms with Crippen LogP contribution in [0.1, 0.15) is 0 Å². The Bertz CT molecular complexity index is 922. The average molecular weight is 344 g/mol. The molecule has 24 heavy (non-hydrogen) atoms. The number of hydrogen-bond donors (Lipinski definition) is 2. The summed E-state index contributed by atoms with van der Waals surface area (Å²) < 4.78 is 6.89. The molecule has 3 rings (SSSR count). The zero-order valence-corrected chi connectivity index (χ0v) is 13.5. The van der Waals surface area contributed by atoms with Crippen molar-refractivity contribution in [3.8, 4) is 5.75 Å². The van der Waals surface area contributed by atoms with Crippen LogP contribution in [0.25, 0.3) is 5.65 Å². The van der Waals surface area contributed by atoms with Gasteiger partial charge in [0.25, 0.3) is 0 Å². The van der Waals surface area contributed by atoms with Gasteiger partial charge in [-0.1, -0.05) is 18.2 Å². The van der Waals surface area contributed by atoms with Crippen molar-refractivity contribution in [3.63, 3.8) is 0 Å². The van der Waals surface area contributed by atoms with E-state index in [4.69, 9.17) is 16.3 Å². The number of carbonyl (C=O) groups excluding carboxylic acids is 1. The predicted molar refractivity (Wildman–Crippen MR) is 93.1 cm³/mol. The second-order valence-corrected chi connectivity index (χ2v) is 5.22. The second kappa shape index (κ2) is 6.59. The van der Waals surface area contributed by atoms with Gasteiger partial charge in [0.1, 0.15) is 16.7 Å². The maximum Gasteiger partial charge on any atom is 0.247 e. The van der Waals surface area contributed by atoms with Crippen molar-refractivity contribution in [2.45, 2.75) is 0 Å². The molecule has 0 atom stereocenters. The summed E-state index contributed by atoms with van der Waals surface area (Å²) in [6.07, 6.45) is 2.83. The number of methoxy groups -OCH3 is 1. The first-order valence-electron chi connectivity index (χ1n) is 6.99. The van der Waals surface area contributed by atoms with E-state index in [0.717, 1.165) is 0 Å². The van der Waals surface area contributed by atoms with Gasteiger partial charge in [0.2, 0.25) is 5.91 Å². The van der Waals surface area contributed by atoms with Crippen LogP contribution in [-0.4, -0.2) is 27.6 Å². The molecule has 1 amide bonds. The number of ether oxygens (including phenoxy) is 1. The van der Waals surface area contributed by atoms with Gasteiger partial charge in [0.05, 0.1) is 13.3 Å². The third-order valence-electron chi connectivity index (χ3n) is 3.20. The minimum Gasteiger partial charge on any atom is -0.497 e. The number of rotatable bonds is 5. The van der Waals surface area contributed by atoms with E-state index in [1.165, 1.54) is 6.08 Å². The summed E-state index contributed by atoms with van der Waals surface area (Å²) in [5.74, 6) is 0.899. The molecule has 7 nitrogen and oxygen atoms in total. The maximum absolute atomic E-state index is 11.5. The molecule has 0 saturated carbocycles. The van der Waals surface area contributed by atoms with Crippen LogP contribution in [0.4, 0.5) is 17.2 Å². The van der Waals surface area contributed by atoms with E-state index in [9.17, 15) is 4.79 Å². The quantitative estimate of drug-likeness (QED) is 0.549. The third-order valence-corrected chi connectivity index (χ3v) is 3.39. The highest BCUT2D eigenvalue weighted by Crippen LogP contribution is 2.27. The van der Waals surface area contributed by atoms with E-state index < -0.39 is 0 Å². The van der Waals surface area contributed by atoms with Gasteiger partial charge in [-0.15, -0.1) is 0 Å². The number of carbonyl (C=O) groups is 1. The highest BCUT2D eigenvalue weighted by Gasteiger charge is 2.08. The normalized spacial score (nSPS) is 10.4. The molecule has 2 heterocycles. The maximum atomic E-state index is 11.5. The fourth-order valence-electron chi connectivity index (χ4n) is 2.17. The molecule has 0 aliphatic rings. The molecule has 2 aromatic heterocycles. The Balaban J connectivity index is 1.99.